The molecule has 1 unspecified atom stereocenters. The zero-order valence-electron chi connectivity index (χ0n) is 14.8. The van der Waals surface area contributed by atoms with E-state index in [0.717, 1.165) is 12.0 Å². The van der Waals surface area contributed by atoms with Crippen molar-refractivity contribution in [3.8, 4) is 0 Å². The van der Waals surface area contributed by atoms with Crippen molar-refractivity contribution in [2.75, 3.05) is 31.1 Å². The number of morpholine rings is 1. The maximum absolute atomic E-state index is 13.1. The van der Waals surface area contributed by atoms with Gasteiger partial charge >= 0.3 is 0 Å². The van der Waals surface area contributed by atoms with Gasteiger partial charge in [0.25, 0.3) is 0 Å². The summed E-state index contributed by atoms with van der Waals surface area (Å²) < 4.78 is 18.8. The first-order valence-electron chi connectivity index (χ1n) is 9.00. The van der Waals surface area contributed by atoms with Crippen LogP contribution in [0.25, 0.3) is 0 Å². The van der Waals surface area contributed by atoms with Crippen molar-refractivity contribution < 1.29 is 18.7 Å². The van der Waals surface area contributed by atoms with Crippen LogP contribution in [-0.4, -0.2) is 47.9 Å². The van der Waals surface area contributed by atoms with Gasteiger partial charge in [-0.2, -0.15) is 0 Å². The van der Waals surface area contributed by atoms with E-state index in [1.54, 1.807) is 21.9 Å². The fourth-order valence-corrected chi connectivity index (χ4v) is 4.24. The predicted molar refractivity (Wildman–Crippen MR) is 99.1 cm³/mol. The highest BCUT2D eigenvalue weighted by Crippen LogP contribution is 2.26. The van der Waals surface area contributed by atoms with Crippen LogP contribution in [0.4, 0.5) is 9.52 Å². The van der Waals surface area contributed by atoms with Gasteiger partial charge in [-0.1, -0.05) is 12.1 Å². The predicted octanol–water partition coefficient (Wildman–Crippen LogP) is 2.55. The summed E-state index contributed by atoms with van der Waals surface area (Å²) in [6.07, 6.45) is 1.36. The Morgan fingerprint density at radius 3 is 2.85 bits per heavy atom. The fraction of sp³-hybridized carbons (Fsp3) is 0.421. The molecule has 2 amide bonds. The van der Waals surface area contributed by atoms with Gasteiger partial charge in [-0.3, -0.25) is 14.5 Å². The number of hydrogen-bond donors (Lipinski definition) is 0. The molecule has 142 valence electrons. The van der Waals surface area contributed by atoms with Crippen molar-refractivity contribution >= 4 is 28.3 Å². The van der Waals surface area contributed by atoms with Crippen LogP contribution < -0.4 is 4.90 Å². The summed E-state index contributed by atoms with van der Waals surface area (Å²) in [5, 5.41) is 2.52. The zero-order chi connectivity index (χ0) is 18.8. The van der Waals surface area contributed by atoms with Gasteiger partial charge < -0.3 is 9.64 Å². The molecule has 2 aromatic rings. The van der Waals surface area contributed by atoms with E-state index in [9.17, 15) is 14.0 Å². The number of nitrogens with zero attached hydrogens (tertiary/aromatic N) is 3. The van der Waals surface area contributed by atoms with E-state index in [0.29, 0.717) is 43.5 Å². The Labute approximate surface area is 160 Å². The molecule has 1 aromatic heterocycles. The van der Waals surface area contributed by atoms with Crippen LogP contribution in [0.1, 0.15) is 30.2 Å². The van der Waals surface area contributed by atoms with Crippen molar-refractivity contribution in [3.05, 3.63) is 46.7 Å². The monoisotopic (exact) mass is 389 g/mol. The highest BCUT2D eigenvalue weighted by Gasteiger charge is 2.27. The molecule has 0 bridgehead atoms. The largest absolute Gasteiger partial charge is 0.370 e. The van der Waals surface area contributed by atoms with Gasteiger partial charge in [0.05, 0.1) is 25.3 Å². The highest BCUT2D eigenvalue weighted by molar-refractivity contribution is 7.14. The first-order valence-corrected chi connectivity index (χ1v) is 9.88. The third-order valence-electron chi connectivity index (χ3n) is 4.84. The summed E-state index contributed by atoms with van der Waals surface area (Å²) >= 11 is 1.40. The van der Waals surface area contributed by atoms with Crippen LogP contribution in [-0.2, 0) is 20.7 Å². The number of amides is 2. The van der Waals surface area contributed by atoms with E-state index >= 15 is 0 Å². The highest BCUT2D eigenvalue weighted by atomic mass is 32.1. The molecule has 6 nitrogen and oxygen atoms in total. The van der Waals surface area contributed by atoms with Crippen LogP contribution in [0.2, 0.25) is 0 Å². The van der Waals surface area contributed by atoms with E-state index < -0.39 is 0 Å². The van der Waals surface area contributed by atoms with Crippen LogP contribution in [0.3, 0.4) is 0 Å². The smallest absolute Gasteiger partial charge is 0.228 e. The van der Waals surface area contributed by atoms with Crippen LogP contribution in [0, 0.1) is 5.82 Å². The Bertz CT molecular complexity index is 839. The minimum atomic E-state index is -0.293. The van der Waals surface area contributed by atoms with E-state index in [1.807, 2.05) is 5.38 Å². The van der Waals surface area contributed by atoms with Crippen molar-refractivity contribution in [1.82, 2.24) is 9.88 Å². The van der Waals surface area contributed by atoms with Gasteiger partial charge in [0.1, 0.15) is 11.9 Å². The van der Waals surface area contributed by atoms with Crippen LogP contribution in [0.5, 0.6) is 0 Å². The van der Waals surface area contributed by atoms with Gasteiger partial charge in [0.2, 0.25) is 11.8 Å². The average molecular weight is 389 g/mol. The quantitative estimate of drug-likeness (QED) is 0.806. The number of ether oxygens (including phenoxy) is 1. The average Bonchev–Trinajstić information content (AvgIpc) is 3.31. The third-order valence-corrected chi connectivity index (χ3v) is 5.75. The summed E-state index contributed by atoms with van der Waals surface area (Å²) in [6, 6.07) is 6.17. The van der Waals surface area contributed by atoms with Crippen molar-refractivity contribution in [3.63, 3.8) is 0 Å². The molecular weight excluding hydrogens is 369 g/mol. The van der Waals surface area contributed by atoms with E-state index in [4.69, 9.17) is 4.74 Å². The number of hydrogen-bond acceptors (Lipinski definition) is 5. The summed E-state index contributed by atoms with van der Waals surface area (Å²) in [4.78, 5) is 32.4. The molecule has 2 aliphatic heterocycles. The summed E-state index contributed by atoms with van der Waals surface area (Å²) in [5.41, 5.74) is 1.54. The third kappa shape index (κ3) is 4.01. The number of carbonyl (C=O) groups excluding carboxylic acids is 2. The lowest BCUT2D eigenvalue weighted by Crippen LogP contribution is -2.43. The molecule has 27 heavy (non-hydrogen) atoms. The molecule has 0 saturated carbocycles. The van der Waals surface area contributed by atoms with Gasteiger partial charge in [-0.25, -0.2) is 9.37 Å². The Morgan fingerprint density at radius 1 is 1.30 bits per heavy atom. The second-order valence-corrected chi connectivity index (χ2v) is 7.53. The molecule has 2 aliphatic rings. The van der Waals surface area contributed by atoms with E-state index in [1.165, 1.54) is 23.5 Å². The molecule has 8 heteroatoms. The fourth-order valence-electron chi connectivity index (χ4n) is 3.37. The summed E-state index contributed by atoms with van der Waals surface area (Å²) in [7, 11) is 0. The minimum absolute atomic E-state index is 0.0185. The molecule has 0 radical (unpaired) electrons. The van der Waals surface area contributed by atoms with Crippen molar-refractivity contribution in [2.24, 2.45) is 0 Å². The van der Waals surface area contributed by atoms with Gasteiger partial charge in [-0.15, -0.1) is 11.3 Å². The second-order valence-electron chi connectivity index (χ2n) is 6.70. The lowest BCUT2D eigenvalue weighted by Gasteiger charge is -2.33. The number of thiazole rings is 1. The minimum Gasteiger partial charge on any atom is -0.370 e. The van der Waals surface area contributed by atoms with Gasteiger partial charge in [-0.05, 0) is 24.1 Å². The molecule has 1 aromatic carbocycles. The first kappa shape index (κ1) is 18.1. The molecule has 4 rings (SSSR count). The van der Waals surface area contributed by atoms with E-state index in [-0.39, 0.29) is 30.2 Å². The van der Waals surface area contributed by atoms with Crippen LogP contribution in [0.15, 0.2) is 29.6 Å². The standard InChI is InChI=1S/C19H20FN3O3S/c20-14-5-3-13(4-6-14)16-11-22(8-9-26-16)18(25)10-15-12-27-19(21-15)23-7-1-2-17(23)24/h3-6,12,16H,1-2,7-11H2. The number of halogens is 1. The van der Waals surface area contributed by atoms with E-state index in [2.05, 4.69) is 4.98 Å². The second kappa shape index (κ2) is 7.74. The molecule has 0 spiro atoms. The maximum Gasteiger partial charge on any atom is 0.228 e. The lowest BCUT2D eigenvalue weighted by molar-refractivity contribution is -0.138. The number of benzene rings is 1. The summed E-state index contributed by atoms with van der Waals surface area (Å²) in [5.74, 6) is -0.217. The topological polar surface area (TPSA) is 62.7 Å². The lowest BCUT2D eigenvalue weighted by atomic mass is 10.1. The van der Waals surface area contributed by atoms with Gasteiger partial charge in [0.15, 0.2) is 5.13 Å². The molecular formula is C19H20FN3O3S. The molecule has 0 N–H and O–H groups in total. The van der Waals surface area contributed by atoms with Crippen molar-refractivity contribution in [1.29, 1.82) is 0 Å². The Balaban J connectivity index is 1.38. The van der Waals surface area contributed by atoms with Crippen LogP contribution >= 0.6 is 11.3 Å². The Morgan fingerprint density at radius 2 is 2.11 bits per heavy atom. The molecule has 3 heterocycles. The Kier molecular flexibility index (Phi) is 5.18. The SMILES string of the molecule is O=C(Cc1csc(N2CCCC2=O)n1)N1CCOC(c2ccc(F)cc2)C1. The molecule has 2 saturated heterocycles. The number of anilines is 1. The Hall–Kier alpha value is -2.32. The molecule has 0 aliphatic carbocycles. The van der Waals surface area contributed by atoms with Crippen molar-refractivity contribution in [2.45, 2.75) is 25.4 Å². The first-order chi connectivity index (χ1) is 13.1. The molecule has 2 fully saturated rings. The normalized spacial score (nSPS) is 20.3. The maximum atomic E-state index is 13.1. The zero-order valence-corrected chi connectivity index (χ0v) is 15.6. The molecule has 1 atom stereocenters. The number of carbonyl (C=O) groups is 2. The number of aromatic nitrogens is 1. The number of rotatable bonds is 4. The van der Waals surface area contributed by atoms with Gasteiger partial charge in [0, 0.05) is 24.9 Å². The summed E-state index contributed by atoms with van der Waals surface area (Å²) in [6.45, 7) is 2.10.